The Morgan fingerprint density at radius 1 is 0.422 bits per heavy atom. The minimum absolute atomic E-state index is 0.328. The van der Waals surface area contributed by atoms with Crippen molar-refractivity contribution in [3.63, 3.8) is 0 Å². The van der Waals surface area contributed by atoms with Gasteiger partial charge in [0.15, 0.2) is 0 Å². The SMILES string of the molecule is CCC(C=CCCCCCCCCCCCCI)CCOCOCOCCC(C=CCCCCCCCCCCCCI)CC. The normalized spacial score (nSPS) is 13.4. The van der Waals surface area contributed by atoms with Crippen LogP contribution in [0.15, 0.2) is 24.3 Å². The van der Waals surface area contributed by atoms with Gasteiger partial charge in [-0.3, -0.25) is 0 Å². The molecule has 3 nitrogen and oxygen atoms in total. The van der Waals surface area contributed by atoms with Gasteiger partial charge in [-0.05, 0) is 84.9 Å². The predicted molar refractivity (Wildman–Crippen MR) is 217 cm³/mol. The fourth-order valence-electron chi connectivity index (χ4n) is 5.73. The minimum atomic E-state index is 0.328. The summed E-state index contributed by atoms with van der Waals surface area (Å²) in [5.41, 5.74) is 0. The molecule has 0 radical (unpaired) electrons. The van der Waals surface area contributed by atoms with Gasteiger partial charge in [0.25, 0.3) is 0 Å². The van der Waals surface area contributed by atoms with Crippen molar-refractivity contribution in [2.75, 3.05) is 35.7 Å². The summed E-state index contributed by atoms with van der Waals surface area (Å²) in [6.45, 7) is 6.71. The third-order valence-corrected chi connectivity index (χ3v) is 10.5. The molecule has 5 heteroatoms. The average Bonchev–Trinajstić information content (AvgIpc) is 3.06. The molecule has 0 aromatic carbocycles. The highest BCUT2D eigenvalue weighted by Crippen LogP contribution is 2.16. The zero-order valence-corrected chi connectivity index (χ0v) is 34.4. The number of rotatable bonds is 38. The van der Waals surface area contributed by atoms with E-state index >= 15 is 0 Å². The Kier molecular flexibility index (Phi) is 41.7. The van der Waals surface area contributed by atoms with Crippen molar-refractivity contribution in [3.8, 4) is 0 Å². The Morgan fingerprint density at radius 2 is 0.733 bits per heavy atom. The average molecular weight is 859 g/mol. The zero-order chi connectivity index (χ0) is 32.7. The second-order valence-corrected chi connectivity index (χ2v) is 15.2. The number of hydrogen-bond acceptors (Lipinski definition) is 3. The lowest BCUT2D eigenvalue weighted by molar-refractivity contribution is -0.132. The Hall–Kier alpha value is 0.820. The molecule has 0 N–H and O–H groups in total. The maximum atomic E-state index is 5.72. The van der Waals surface area contributed by atoms with Crippen molar-refractivity contribution >= 4 is 45.2 Å². The second kappa shape index (κ2) is 41.0. The van der Waals surface area contributed by atoms with Crippen molar-refractivity contribution in [3.05, 3.63) is 24.3 Å². The first-order valence-corrected chi connectivity index (χ1v) is 22.5. The molecule has 2 unspecified atom stereocenters. The van der Waals surface area contributed by atoms with Crippen molar-refractivity contribution in [2.45, 2.75) is 181 Å². The summed E-state index contributed by atoms with van der Waals surface area (Å²) in [4.78, 5) is 0. The molecule has 268 valence electrons. The molecule has 0 aliphatic heterocycles. The molecule has 2 atom stereocenters. The van der Waals surface area contributed by atoms with Gasteiger partial charge in [0.05, 0.1) is 0 Å². The van der Waals surface area contributed by atoms with E-state index in [2.05, 4.69) is 83.3 Å². The lowest BCUT2D eigenvalue weighted by Crippen LogP contribution is -2.09. The number of hydrogen-bond donors (Lipinski definition) is 0. The predicted octanol–water partition coefficient (Wildman–Crippen LogP) is 14.3. The van der Waals surface area contributed by atoms with Crippen LogP contribution >= 0.6 is 45.2 Å². The van der Waals surface area contributed by atoms with Crippen LogP contribution in [0.1, 0.15) is 181 Å². The van der Waals surface area contributed by atoms with Gasteiger partial charge in [-0.1, -0.05) is 186 Å². The van der Waals surface area contributed by atoms with Crippen molar-refractivity contribution in [2.24, 2.45) is 11.8 Å². The van der Waals surface area contributed by atoms with Gasteiger partial charge in [-0.25, -0.2) is 0 Å². The molecule has 0 rings (SSSR count). The molecular weight excluding hydrogens is 782 g/mol. The van der Waals surface area contributed by atoms with Gasteiger partial charge in [0, 0.05) is 13.2 Å². The van der Waals surface area contributed by atoms with Crippen LogP contribution in [0.3, 0.4) is 0 Å². The van der Waals surface area contributed by atoms with Gasteiger partial charge in [0.2, 0.25) is 0 Å². The van der Waals surface area contributed by atoms with Crippen LogP contribution in [0, 0.1) is 11.8 Å². The van der Waals surface area contributed by atoms with E-state index in [-0.39, 0.29) is 0 Å². The van der Waals surface area contributed by atoms with Crippen LogP contribution in [0.25, 0.3) is 0 Å². The highest BCUT2D eigenvalue weighted by molar-refractivity contribution is 14.1. The lowest BCUT2D eigenvalue weighted by Gasteiger charge is -2.12. The van der Waals surface area contributed by atoms with Gasteiger partial charge in [-0.2, -0.15) is 0 Å². The summed E-state index contributed by atoms with van der Waals surface area (Å²) >= 11 is 4.98. The van der Waals surface area contributed by atoms with Crippen LogP contribution in [-0.4, -0.2) is 35.7 Å². The molecule has 0 amide bonds. The van der Waals surface area contributed by atoms with Crippen molar-refractivity contribution in [1.29, 1.82) is 0 Å². The summed E-state index contributed by atoms with van der Waals surface area (Å²) in [5.74, 6) is 1.23. The Morgan fingerprint density at radius 3 is 1.04 bits per heavy atom. The highest BCUT2D eigenvalue weighted by Gasteiger charge is 2.03. The number of ether oxygens (including phenoxy) is 3. The summed E-state index contributed by atoms with van der Waals surface area (Å²) in [6, 6.07) is 0. The van der Waals surface area contributed by atoms with Crippen LogP contribution in [0.5, 0.6) is 0 Å². The lowest BCUT2D eigenvalue weighted by atomic mass is 10.0. The van der Waals surface area contributed by atoms with E-state index in [1.165, 1.54) is 163 Å². The summed E-state index contributed by atoms with van der Waals surface area (Å²) in [7, 11) is 0. The summed E-state index contributed by atoms with van der Waals surface area (Å²) < 4.78 is 19.6. The smallest absolute Gasteiger partial charge is 0.149 e. The minimum Gasteiger partial charge on any atom is -0.355 e. The highest BCUT2D eigenvalue weighted by atomic mass is 127. The molecular formula is C40H76I2O3. The number of alkyl halides is 2. The van der Waals surface area contributed by atoms with Crippen molar-refractivity contribution < 1.29 is 14.2 Å². The first kappa shape index (κ1) is 45.8. The van der Waals surface area contributed by atoms with E-state index in [4.69, 9.17) is 14.2 Å². The quantitative estimate of drug-likeness (QED) is 0.0204. The zero-order valence-electron chi connectivity index (χ0n) is 30.1. The Bertz CT molecular complexity index is 548. The first-order valence-electron chi connectivity index (χ1n) is 19.5. The van der Waals surface area contributed by atoms with Gasteiger partial charge in [-0.15, -0.1) is 0 Å². The molecule has 45 heavy (non-hydrogen) atoms. The fraction of sp³-hybridized carbons (Fsp3) is 0.900. The summed E-state index contributed by atoms with van der Waals surface area (Å²) in [5, 5.41) is 0. The number of unbranched alkanes of at least 4 members (excludes halogenated alkanes) is 20. The van der Waals surface area contributed by atoms with E-state index in [1.807, 2.05) is 0 Å². The summed E-state index contributed by atoms with van der Waals surface area (Å²) in [6.07, 6.45) is 44.9. The van der Waals surface area contributed by atoms with Gasteiger partial charge < -0.3 is 14.2 Å². The molecule has 0 saturated carbocycles. The van der Waals surface area contributed by atoms with E-state index in [9.17, 15) is 0 Å². The van der Waals surface area contributed by atoms with E-state index in [1.54, 1.807) is 0 Å². The maximum absolute atomic E-state index is 5.72. The van der Waals surface area contributed by atoms with E-state index in [0.717, 1.165) is 26.1 Å². The van der Waals surface area contributed by atoms with E-state index in [0.29, 0.717) is 25.4 Å². The number of halogens is 2. The van der Waals surface area contributed by atoms with Crippen LogP contribution in [0.2, 0.25) is 0 Å². The fourth-order valence-corrected chi connectivity index (χ4v) is 6.81. The van der Waals surface area contributed by atoms with Gasteiger partial charge in [0.1, 0.15) is 13.6 Å². The number of allylic oxidation sites excluding steroid dienone is 4. The van der Waals surface area contributed by atoms with Crippen LogP contribution < -0.4 is 0 Å². The molecule has 0 bridgehead atoms. The monoisotopic (exact) mass is 858 g/mol. The largest absolute Gasteiger partial charge is 0.355 e. The molecule has 0 aliphatic carbocycles. The van der Waals surface area contributed by atoms with Crippen molar-refractivity contribution in [1.82, 2.24) is 0 Å². The topological polar surface area (TPSA) is 27.7 Å². The van der Waals surface area contributed by atoms with Gasteiger partial charge >= 0.3 is 0 Å². The molecule has 0 fully saturated rings. The molecule has 0 aromatic rings. The molecule has 0 spiro atoms. The molecule has 0 heterocycles. The third-order valence-electron chi connectivity index (χ3n) is 8.97. The molecule has 0 aromatic heterocycles. The van der Waals surface area contributed by atoms with E-state index < -0.39 is 0 Å². The Balaban J connectivity index is 3.53. The standard InChI is InChI=1S/C40H76I2O3/c1-3-39(29-25-21-17-13-9-5-7-11-15-19-23-27-33-41)31-35-43-37-45-38-44-36-32-40(4-2)30-26-22-18-14-10-6-8-12-16-20-24-28-34-42/h25-26,29-30,39-40H,3-24,27-28,31-38H2,1-2H3. The maximum Gasteiger partial charge on any atom is 0.149 e. The second-order valence-electron chi connectivity index (χ2n) is 13.1. The molecule has 0 saturated heterocycles. The Labute approximate surface area is 309 Å². The van der Waals surface area contributed by atoms with Crippen LogP contribution in [-0.2, 0) is 14.2 Å². The first-order chi connectivity index (χ1) is 22.3. The molecule has 0 aliphatic rings. The third kappa shape index (κ3) is 37.5. The van der Waals surface area contributed by atoms with Crippen LogP contribution in [0.4, 0.5) is 0 Å².